The van der Waals surface area contributed by atoms with E-state index < -0.39 is 6.04 Å². The number of aryl methyl sites for hydroxylation is 1. The Hall–Kier alpha value is -1.66. The molecule has 0 aromatic carbocycles. The molecule has 0 fully saturated rings. The van der Waals surface area contributed by atoms with Gasteiger partial charge >= 0.3 is 0 Å². The fraction of sp³-hybridized carbons (Fsp3) is 0.333. The lowest BCUT2D eigenvalue weighted by atomic mass is 10.2. The maximum Gasteiger partial charge on any atom is 0.242 e. The van der Waals surface area contributed by atoms with Crippen LogP contribution in [0.1, 0.15) is 17.3 Å². The molecule has 1 amide bonds. The van der Waals surface area contributed by atoms with E-state index in [-0.39, 0.29) is 5.91 Å². The van der Waals surface area contributed by atoms with Gasteiger partial charge in [-0.15, -0.1) is 11.3 Å². The summed E-state index contributed by atoms with van der Waals surface area (Å²) in [6.45, 7) is 1.40. The Morgan fingerprint density at radius 1 is 1.56 bits per heavy atom. The molecule has 0 aliphatic rings. The van der Waals surface area contributed by atoms with E-state index in [1.807, 2.05) is 34.5 Å². The predicted octanol–water partition coefficient (Wildman–Crippen LogP) is 1.15. The van der Waals surface area contributed by atoms with E-state index >= 15 is 0 Å². The van der Waals surface area contributed by atoms with Crippen molar-refractivity contribution in [2.24, 2.45) is 5.73 Å². The van der Waals surface area contributed by atoms with Crippen LogP contribution < -0.4 is 11.1 Å². The molecule has 5 nitrogen and oxygen atoms in total. The number of carbonyl (C=O) groups is 1. The Morgan fingerprint density at radius 3 is 3.11 bits per heavy atom. The summed E-state index contributed by atoms with van der Waals surface area (Å²) in [5.41, 5.74) is 5.84. The Morgan fingerprint density at radius 2 is 2.44 bits per heavy atom. The number of hydrogen-bond acceptors (Lipinski definition) is 4. The van der Waals surface area contributed by atoms with Gasteiger partial charge in [-0.25, -0.2) is 0 Å². The molecule has 0 aliphatic carbocycles. The fourth-order valence-corrected chi connectivity index (χ4v) is 2.32. The van der Waals surface area contributed by atoms with Gasteiger partial charge in [0.05, 0.1) is 0 Å². The number of hydrogen-bond donors (Lipinski definition) is 2. The van der Waals surface area contributed by atoms with E-state index in [4.69, 9.17) is 5.73 Å². The molecule has 0 radical (unpaired) electrons. The zero-order chi connectivity index (χ0) is 12.8. The number of aromatic nitrogens is 2. The summed E-state index contributed by atoms with van der Waals surface area (Å²) < 4.78 is 1.84. The second-order valence-electron chi connectivity index (χ2n) is 3.91. The smallest absolute Gasteiger partial charge is 0.242 e. The summed E-state index contributed by atoms with van der Waals surface area (Å²) in [4.78, 5) is 12.6. The molecular weight excluding hydrogens is 248 g/mol. The minimum atomic E-state index is -0.560. The maximum atomic E-state index is 11.8. The molecule has 1 atom stereocenters. The third-order valence-corrected chi connectivity index (χ3v) is 3.51. The highest BCUT2D eigenvalue weighted by Gasteiger charge is 2.15. The van der Waals surface area contributed by atoms with Gasteiger partial charge in [0.1, 0.15) is 6.04 Å². The third-order valence-electron chi connectivity index (χ3n) is 2.55. The van der Waals surface area contributed by atoms with E-state index in [0.29, 0.717) is 6.54 Å². The van der Waals surface area contributed by atoms with Crippen molar-refractivity contribution < 1.29 is 4.79 Å². The molecule has 6 heteroatoms. The standard InChI is InChI=1S/C12H16N4OS/c13-11(10-4-1-9-18-10)12(17)14-5-2-7-16-8-3-6-15-16/h1,3-4,6,8-9,11H,2,5,7,13H2,(H,14,17). The van der Waals surface area contributed by atoms with Crippen molar-refractivity contribution in [3.63, 3.8) is 0 Å². The summed E-state index contributed by atoms with van der Waals surface area (Å²) in [7, 11) is 0. The fourth-order valence-electron chi connectivity index (χ4n) is 1.59. The monoisotopic (exact) mass is 264 g/mol. The Kier molecular flexibility index (Phi) is 4.49. The van der Waals surface area contributed by atoms with E-state index in [9.17, 15) is 4.79 Å². The van der Waals surface area contributed by atoms with Crippen LogP contribution in [0.25, 0.3) is 0 Å². The van der Waals surface area contributed by atoms with Crippen LogP contribution in [0.15, 0.2) is 36.0 Å². The van der Waals surface area contributed by atoms with E-state index in [1.54, 1.807) is 6.20 Å². The Bertz CT molecular complexity index is 466. The number of carbonyl (C=O) groups excluding carboxylic acids is 1. The zero-order valence-corrected chi connectivity index (χ0v) is 10.8. The molecule has 96 valence electrons. The Balaban J connectivity index is 1.69. The summed E-state index contributed by atoms with van der Waals surface area (Å²) in [6, 6.07) is 5.09. The van der Waals surface area contributed by atoms with Crippen LogP contribution >= 0.6 is 11.3 Å². The summed E-state index contributed by atoms with van der Waals surface area (Å²) in [5.74, 6) is -0.127. The van der Waals surface area contributed by atoms with Crippen LogP contribution in [0.2, 0.25) is 0 Å². The first-order valence-electron chi connectivity index (χ1n) is 5.81. The van der Waals surface area contributed by atoms with E-state index in [0.717, 1.165) is 17.8 Å². The van der Waals surface area contributed by atoms with Crippen LogP contribution in [-0.4, -0.2) is 22.2 Å². The van der Waals surface area contributed by atoms with Gasteiger partial charge in [-0.1, -0.05) is 6.07 Å². The van der Waals surface area contributed by atoms with Gasteiger partial charge in [0.2, 0.25) is 5.91 Å². The average molecular weight is 264 g/mol. The molecule has 2 aromatic rings. The van der Waals surface area contributed by atoms with E-state index in [2.05, 4.69) is 10.4 Å². The van der Waals surface area contributed by atoms with Gasteiger partial charge in [-0.05, 0) is 23.9 Å². The normalized spacial score (nSPS) is 12.3. The van der Waals surface area contributed by atoms with Crippen molar-refractivity contribution in [2.45, 2.75) is 19.0 Å². The van der Waals surface area contributed by atoms with Gasteiger partial charge in [-0.3, -0.25) is 9.48 Å². The van der Waals surface area contributed by atoms with Gasteiger partial charge < -0.3 is 11.1 Å². The quantitative estimate of drug-likeness (QED) is 0.769. The first kappa shape index (κ1) is 12.8. The van der Waals surface area contributed by atoms with Crippen molar-refractivity contribution in [2.75, 3.05) is 6.54 Å². The topological polar surface area (TPSA) is 72.9 Å². The lowest BCUT2D eigenvalue weighted by Crippen LogP contribution is -2.34. The molecule has 0 spiro atoms. The van der Waals surface area contributed by atoms with Crippen LogP contribution in [0.4, 0.5) is 0 Å². The SMILES string of the molecule is NC(C(=O)NCCCn1cccn1)c1cccs1. The van der Waals surface area contributed by atoms with Crippen molar-refractivity contribution in [1.82, 2.24) is 15.1 Å². The highest BCUT2D eigenvalue weighted by Crippen LogP contribution is 2.16. The van der Waals surface area contributed by atoms with Crippen molar-refractivity contribution >= 4 is 17.2 Å². The number of nitrogens with zero attached hydrogens (tertiary/aromatic N) is 2. The highest BCUT2D eigenvalue weighted by atomic mass is 32.1. The zero-order valence-electron chi connectivity index (χ0n) is 9.95. The molecule has 3 N–H and O–H groups in total. The summed E-state index contributed by atoms with van der Waals surface area (Å²) in [6.07, 6.45) is 4.48. The first-order valence-corrected chi connectivity index (χ1v) is 6.69. The molecule has 1 unspecified atom stereocenters. The first-order chi connectivity index (χ1) is 8.77. The van der Waals surface area contributed by atoms with Gasteiger partial charge in [0.25, 0.3) is 0 Å². The Labute approximate surface area is 110 Å². The number of rotatable bonds is 6. The number of nitrogens with two attached hydrogens (primary N) is 1. The second kappa shape index (κ2) is 6.32. The van der Waals surface area contributed by atoms with Gasteiger partial charge in [0, 0.05) is 30.4 Å². The van der Waals surface area contributed by atoms with Gasteiger partial charge in [-0.2, -0.15) is 5.10 Å². The third kappa shape index (κ3) is 3.41. The highest BCUT2D eigenvalue weighted by molar-refractivity contribution is 7.10. The van der Waals surface area contributed by atoms with Crippen molar-refractivity contribution in [3.05, 3.63) is 40.8 Å². The van der Waals surface area contributed by atoms with Crippen LogP contribution in [0.5, 0.6) is 0 Å². The molecular formula is C12H16N4OS. The lowest BCUT2D eigenvalue weighted by Gasteiger charge is -2.10. The van der Waals surface area contributed by atoms with Gasteiger partial charge in [0.15, 0.2) is 0 Å². The predicted molar refractivity (Wildman–Crippen MR) is 71.1 cm³/mol. The molecule has 18 heavy (non-hydrogen) atoms. The average Bonchev–Trinajstić information content (AvgIpc) is 3.05. The molecule has 0 saturated heterocycles. The molecule has 0 aliphatic heterocycles. The second-order valence-corrected chi connectivity index (χ2v) is 4.89. The lowest BCUT2D eigenvalue weighted by molar-refractivity contribution is -0.122. The minimum absolute atomic E-state index is 0.127. The van der Waals surface area contributed by atoms with Crippen molar-refractivity contribution in [1.29, 1.82) is 0 Å². The maximum absolute atomic E-state index is 11.8. The number of amides is 1. The molecule has 2 rings (SSSR count). The van der Waals surface area contributed by atoms with Crippen LogP contribution in [0, 0.1) is 0 Å². The molecule has 2 heterocycles. The largest absolute Gasteiger partial charge is 0.354 e. The van der Waals surface area contributed by atoms with E-state index in [1.165, 1.54) is 11.3 Å². The minimum Gasteiger partial charge on any atom is -0.354 e. The number of thiophene rings is 1. The molecule has 0 saturated carbocycles. The van der Waals surface area contributed by atoms with Crippen molar-refractivity contribution in [3.8, 4) is 0 Å². The number of nitrogens with one attached hydrogen (secondary N) is 1. The molecule has 0 bridgehead atoms. The van der Waals surface area contributed by atoms with Crippen LogP contribution in [-0.2, 0) is 11.3 Å². The summed E-state index contributed by atoms with van der Waals surface area (Å²) >= 11 is 1.50. The van der Waals surface area contributed by atoms with Crippen LogP contribution in [0.3, 0.4) is 0 Å². The molecule has 2 aromatic heterocycles. The summed E-state index contributed by atoms with van der Waals surface area (Å²) in [5, 5.41) is 8.84.